The lowest BCUT2D eigenvalue weighted by atomic mass is 9.99. The maximum atomic E-state index is 4.75. The fourth-order valence-corrected chi connectivity index (χ4v) is 2.84. The lowest BCUT2D eigenvalue weighted by Gasteiger charge is -2.28. The molecule has 0 amide bonds. The van der Waals surface area contributed by atoms with Gasteiger partial charge in [-0.15, -0.1) is 24.0 Å². The second-order valence-electron chi connectivity index (χ2n) is 5.99. The second kappa shape index (κ2) is 11.6. The highest BCUT2D eigenvalue weighted by Gasteiger charge is 2.16. The van der Waals surface area contributed by atoms with Gasteiger partial charge >= 0.3 is 0 Å². The number of hydrogen-bond donors (Lipinski definition) is 2. The number of hydrogen-bond acceptors (Lipinski definition) is 3. The first-order chi connectivity index (χ1) is 10.8. The van der Waals surface area contributed by atoms with Crippen LogP contribution in [-0.2, 0) is 6.42 Å². The van der Waals surface area contributed by atoms with Crippen LogP contribution in [0.4, 0.5) is 0 Å². The van der Waals surface area contributed by atoms with Crippen LogP contribution in [0.3, 0.4) is 0 Å². The number of aliphatic imine (C=N–C) groups is 1. The van der Waals surface area contributed by atoms with E-state index >= 15 is 0 Å². The molecule has 130 valence electrons. The lowest BCUT2D eigenvalue weighted by molar-refractivity contribution is 0.214. The third-order valence-electron chi connectivity index (χ3n) is 3.97. The van der Waals surface area contributed by atoms with Gasteiger partial charge in [-0.25, -0.2) is 0 Å². The molecule has 1 saturated heterocycles. The molecule has 0 aliphatic carbocycles. The van der Waals surface area contributed by atoms with Gasteiger partial charge in [-0.05, 0) is 51.4 Å². The molecule has 0 radical (unpaired) electrons. The summed E-state index contributed by atoms with van der Waals surface area (Å²) in [5, 5.41) is 6.73. The Morgan fingerprint density at radius 2 is 2.26 bits per heavy atom. The van der Waals surface area contributed by atoms with E-state index in [9.17, 15) is 0 Å². The average molecular weight is 431 g/mol. The van der Waals surface area contributed by atoms with Gasteiger partial charge in [0.2, 0.25) is 0 Å². The first kappa shape index (κ1) is 20.2. The summed E-state index contributed by atoms with van der Waals surface area (Å²) in [7, 11) is 2.20. The quantitative estimate of drug-likeness (QED) is 0.412. The summed E-state index contributed by atoms with van der Waals surface area (Å²) in [6.07, 6.45) is 5.34. The van der Waals surface area contributed by atoms with Crippen molar-refractivity contribution in [1.82, 2.24) is 20.5 Å². The van der Waals surface area contributed by atoms with Crippen molar-refractivity contribution in [1.29, 1.82) is 0 Å². The largest absolute Gasteiger partial charge is 0.357 e. The van der Waals surface area contributed by atoms with E-state index < -0.39 is 0 Å². The summed E-state index contributed by atoms with van der Waals surface area (Å²) in [4.78, 5) is 11.5. The first-order valence-electron chi connectivity index (χ1n) is 8.38. The maximum absolute atomic E-state index is 4.75. The van der Waals surface area contributed by atoms with Gasteiger partial charge in [0, 0.05) is 44.5 Å². The summed E-state index contributed by atoms with van der Waals surface area (Å²) >= 11 is 0. The lowest BCUT2D eigenvalue weighted by Crippen LogP contribution is -2.39. The standard InChI is InChI=1S/C17H29N5.HI/c1-3-18-17(20-11-9-16-8-4-5-10-19-16)21-13-15-7-6-12-22(2)14-15;/h4-5,8,10,15H,3,6-7,9,11-14H2,1-2H3,(H2,18,20,21);1H. The van der Waals surface area contributed by atoms with Gasteiger partial charge in [0.15, 0.2) is 5.96 Å². The molecule has 2 heterocycles. The van der Waals surface area contributed by atoms with Gasteiger partial charge in [-0.2, -0.15) is 0 Å². The van der Waals surface area contributed by atoms with E-state index in [2.05, 4.69) is 40.6 Å². The molecule has 1 atom stereocenters. The van der Waals surface area contributed by atoms with Gasteiger partial charge in [-0.3, -0.25) is 9.98 Å². The van der Waals surface area contributed by atoms with Crippen molar-refractivity contribution in [2.75, 3.05) is 39.8 Å². The molecule has 2 rings (SSSR count). The van der Waals surface area contributed by atoms with Crippen LogP contribution in [0.5, 0.6) is 0 Å². The van der Waals surface area contributed by atoms with E-state index in [0.29, 0.717) is 5.92 Å². The minimum Gasteiger partial charge on any atom is -0.357 e. The molecule has 0 bridgehead atoms. The summed E-state index contributed by atoms with van der Waals surface area (Å²) in [6.45, 7) is 7.14. The number of likely N-dealkylation sites (tertiary alicyclic amines) is 1. The Bertz CT molecular complexity index is 452. The molecule has 1 unspecified atom stereocenters. The molecule has 0 spiro atoms. The zero-order valence-corrected chi connectivity index (χ0v) is 16.6. The Morgan fingerprint density at radius 3 is 2.96 bits per heavy atom. The van der Waals surface area contributed by atoms with E-state index in [0.717, 1.165) is 44.3 Å². The maximum Gasteiger partial charge on any atom is 0.191 e. The monoisotopic (exact) mass is 431 g/mol. The van der Waals surface area contributed by atoms with Crippen molar-refractivity contribution in [3.63, 3.8) is 0 Å². The Kier molecular flexibility index (Phi) is 10.2. The Balaban J connectivity index is 0.00000264. The van der Waals surface area contributed by atoms with E-state index in [1.165, 1.54) is 19.4 Å². The molecule has 6 heteroatoms. The number of nitrogens with one attached hydrogen (secondary N) is 2. The molecule has 0 saturated carbocycles. The first-order valence-corrected chi connectivity index (χ1v) is 8.38. The van der Waals surface area contributed by atoms with Crippen LogP contribution in [-0.4, -0.2) is 55.6 Å². The van der Waals surface area contributed by atoms with Crippen molar-refractivity contribution in [2.45, 2.75) is 26.2 Å². The predicted molar refractivity (Wildman–Crippen MR) is 108 cm³/mol. The second-order valence-corrected chi connectivity index (χ2v) is 5.99. The summed E-state index contributed by atoms with van der Waals surface area (Å²) in [5.74, 6) is 1.61. The third-order valence-corrected chi connectivity index (χ3v) is 3.97. The smallest absolute Gasteiger partial charge is 0.191 e. The van der Waals surface area contributed by atoms with Crippen molar-refractivity contribution in [3.8, 4) is 0 Å². The predicted octanol–water partition coefficient (Wildman–Crippen LogP) is 2.14. The fraction of sp³-hybridized carbons (Fsp3) is 0.647. The fourth-order valence-electron chi connectivity index (χ4n) is 2.84. The minimum atomic E-state index is 0. The van der Waals surface area contributed by atoms with E-state index in [1.54, 1.807) is 0 Å². The molecule has 5 nitrogen and oxygen atoms in total. The number of guanidine groups is 1. The molecule has 1 aromatic heterocycles. The van der Waals surface area contributed by atoms with E-state index in [1.807, 2.05) is 18.3 Å². The van der Waals surface area contributed by atoms with Crippen LogP contribution in [0.2, 0.25) is 0 Å². The molecule has 1 aliphatic heterocycles. The molecule has 1 aromatic rings. The highest BCUT2D eigenvalue weighted by atomic mass is 127. The van der Waals surface area contributed by atoms with Crippen molar-refractivity contribution < 1.29 is 0 Å². The number of rotatable bonds is 6. The van der Waals surface area contributed by atoms with Gasteiger partial charge in [-0.1, -0.05) is 6.07 Å². The molecule has 23 heavy (non-hydrogen) atoms. The summed E-state index contributed by atoms with van der Waals surface area (Å²) < 4.78 is 0. The normalized spacial score (nSPS) is 19.0. The Hall–Kier alpha value is -0.890. The van der Waals surface area contributed by atoms with Crippen molar-refractivity contribution in [2.24, 2.45) is 10.9 Å². The molecule has 0 aromatic carbocycles. The molecule has 1 fully saturated rings. The van der Waals surface area contributed by atoms with E-state index in [4.69, 9.17) is 4.99 Å². The van der Waals surface area contributed by atoms with Gasteiger partial charge < -0.3 is 15.5 Å². The zero-order valence-electron chi connectivity index (χ0n) is 14.3. The highest BCUT2D eigenvalue weighted by molar-refractivity contribution is 14.0. The van der Waals surface area contributed by atoms with Crippen LogP contribution >= 0.6 is 24.0 Å². The van der Waals surface area contributed by atoms with E-state index in [-0.39, 0.29) is 24.0 Å². The summed E-state index contributed by atoms with van der Waals surface area (Å²) in [5.41, 5.74) is 1.11. The van der Waals surface area contributed by atoms with Crippen molar-refractivity contribution >= 4 is 29.9 Å². The third kappa shape index (κ3) is 7.97. The van der Waals surface area contributed by atoms with Crippen LogP contribution in [0.1, 0.15) is 25.5 Å². The topological polar surface area (TPSA) is 52.6 Å². The zero-order chi connectivity index (χ0) is 15.6. The SMILES string of the molecule is CCNC(=NCC1CCCN(C)C1)NCCc1ccccn1.I. The number of pyridine rings is 1. The van der Waals surface area contributed by atoms with Gasteiger partial charge in [0.05, 0.1) is 0 Å². The molecular weight excluding hydrogens is 401 g/mol. The van der Waals surface area contributed by atoms with Gasteiger partial charge in [0.25, 0.3) is 0 Å². The van der Waals surface area contributed by atoms with Crippen LogP contribution < -0.4 is 10.6 Å². The Morgan fingerprint density at radius 1 is 1.39 bits per heavy atom. The Labute approximate surface area is 157 Å². The van der Waals surface area contributed by atoms with Crippen LogP contribution in [0.25, 0.3) is 0 Å². The number of halogens is 1. The average Bonchev–Trinajstić information content (AvgIpc) is 2.54. The summed E-state index contributed by atoms with van der Waals surface area (Å²) in [6, 6.07) is 6.04. The molecular formula is C17H30IN5. The van der Waals surface area contributed by atoms with Crippen LogP contribution in [0, 0.1) is 5.92 Å². The minimum absolute atomic E-state index is 0. The number of piperidine rings is 1. The highest BCUT2D eigenvalue weighted by Crippen LogP contribution is 2.14. The van der Waals surface area contributed by atoms with Gasteiger partial charge in [0.1, 0.15) is 0 Å². The molecule has 2 N–H and O–H groups in total. The number of nitrogens with zero attached hydrogens (tertiary/aromatic N) is 3. The number of aromatic nitrogens is 1. The molecule has 1 aliphatic rings. The van der Waals surface area contributed by atoms with Crippen molar-refractivity contribution in [3.05, 3.63) is 30.1 Å². The van der Waals surface area contributed by atoms with Crippen LogP contribution in [0.15, 0.2) is 29.4 Å².